The maximum Gasteiger partial charge on any atom is 0.260 e. The van der Waals surface area contributed by atoms with Gasteiger partial charge in [-0.2, -0.15) is 0 Å². The smallest absolute Gasteiger partial charge is 0.260 e. The molecule has 1 N–H and O–H groups in total. The second-order valence-electron chi connectivity index (χ2n) is 9.94. The molecular weight excluding hydrogens is 577 g/mol. The first-order chi connectivity index (χ1) is 19.2. The number of hydrogen-bond donors (Lipinski definition) is 1. The normalized spacial score (nSPS) is 16.6. The fourth-order valence-electron chi connectivity index (χ4n) is 4.79. The lowest BCUT2D eigenvalue weighted by atomic mass is 10.2. The maximum atomic E-state index is 13.0. The molecule has 40 heavy (non-hydrogen) atoms. The number of amides is 3. The number of carbonyl (C=O) groups excluding carboxylic acids is 3. The zero-order chi connectivity index (χ0) is 28.6. The summed E-state index contributed by atoms with van der Waals surface area (Å²) >= 11 is 18.3. The van der Waals surface area contributed by atoms with Crippen LogP contribution in [-0.2, 0) is 16.1 Å². The van der Waals surface area contributed by atoms with Crippen LogP contribution in [0.25, 0.3) is 0 Å². The van der Waals surface area contributed by atoms with E-state index in [2.05, 4.69) is 15.1 Å². The van der Waals surface area contributed by atoms with Gasteiger partial charge in [0.1, 0.15) is 5.75 Å². The first-order valence-corrected chi connectivity index (χ1v) is 14.5. The van der Waals surface area contributed by atoms with Gasteiger partial charge in [0.25, 0.3) is 11.8 Å². The molecule has 2 aliphatic heterocycles. The number of ether oxygens (including phenoxy) is 1. The Morgan fingerprint density at radius 2 is 1.50 bits per heavy atom. The molecule has 216 valence electrons. The summed E-state index contributed by atoms with van der Waals surface area (Å²) in [5, 5.41) is 4.50. The van der Waals surface area contributed by atoms with Crippen molar-refractivity contribution < 1.29 is 19.1 Å². The van der Waals surface area contributed by atoms with Gasteiger partial charge in [0.2, 0.25) is 5.91 Å². The number of hydrogen-bond acceptors (Lipinski definition) is 6. The quantitative estimate of drug-likeness (QED) is 0.469. The second kappa shape index (κ2) is 14.4. The average Bonchev–Trinajstić information content (AvgIpc) is 2.94. The van der Waals surface area contributed by atoms with Crippen LogP contribution in [-0.4, -0.2) is 109 Å². The van der Waals surface area contributed by atoms with Gasteiger partial charge in [0.15, 0.2) is 6.61 Å². The van der Waals surface area contributed by atoms with Crippen LogP contribution in [0.3, 0.4) is 0 Å². The molecule has 0 atom stereocenters. The fourth-order valence-corrected chi connectivity index (χ4v) is 5.28. The Kier molecular flexibility index (Phi) is 10.9. The molecule has 2 aromatic carbocycles. The largest absolute Gasteiger partial charge is 0.483 e. The summed E-state index contributed by atoms with van der Waals surface area (Å²) in [4.78, 5) is 45.2. The first kappa shape index (κ1) is 30.4. The van der Waals surface area contributed by atoms with Crippen LogP contribution in [0, 0.1) is 0 Å². The number of halogens is 3. The predicted molar refractivity (Wildman–Crippen MR) is 156 cm³/mol. The molecule has 12 heteroatoms. The number of nitrogens with one attached hydrogen (secondary N) is 1. The molecule has 0 saturated carbocycles. The van der Waals surface area contributed by atoms with Crippen molar-refractivity contribution in [1.82, 2.24) is 24.9 Å². The third kappa shape index (κ3) is 8.47. The van der Waals surface area contributed by atoms with E-state index in [0.717, 1.165) is 44.8 Å². The summed E-state index contributed by atoms with van der Waals surface area (Å²) in [5.41, 5.74) is 1.46. The molecule has 2 heterocycles. The minimum Gasteiger partial charge on any atom is -0.483 e. The van der Waals surface area contributed by atoms with E-state index in [1.54, 1.807) is 28.0 Å². The molecule has 0 unspecified atom stereocenters. The zero-order valence-corrected chi connectivity index (χ0v) is 24.8. The van der Waals surface area contributed by atoms with Crippen LogP contribution >= 0.6 is 34.8 Å². The highest BCUT2D eigenvalue weighted by Gasteiger charge is 2.24. The van der Waals surface area contributed by atoms with E-state index in [9.17, 15) is 14.4 Å². The first-order valence-electron chi connectivity index (χ1n) is 13.3. The molecule has 0 radical (unpaired) electrons. The Labute approximate surface area is 249 Å². The van der Waals surface area contributed by atoms with Crippen LogP contribution in [0.15, 0.2) is 36.4 Å². The lowest BCUT2D eigenvalue weighted by molar-refractivity contribution is -0.139. The number of piperazine rings is 2. The molecule has 0 aliphatic carbocycles. The zero-order valence-electron chi connectivity index (χ0n) is 22.5. The van der Waals surface area contributed by atoms with Gasteiger partial charge < -0.3 is 19.9 Å². The molecule has 9 nitrogen and oxygen atoms in total. The Morgan fingerprint density at radius 3 is 2.17 bits per heavy atom. The lowest BCUT2D eigenvalue weighted by Crippen LogP contribution is -2.51. The van der Waals surface area contributed by atoms with E-state index in [4.69, 9.17) is 39.5 Å². The molecule has 4 rings (SSSR count). The van der Waals surface area contributed by atoms with Crippen molar-refractivity contribution in [2.45, 2.75) is 13.5 Å². The summed E-state index contributed by atoms with van der Waals surface area (Å²) in [7, 11) is 0. The molecule has 2 aromatic rings. The van der Waals surface area contributed by atoms with Crippen LogP contribution in [0.5, 0.6) is 5.75 Å². The molecule has 0 aromatic heterocycles. The maximum absolute atomic E-state index is 13.0. The molecule has 3 amide bonds. The second-order valence-corrected chi connectivity index (χ2v) is 11.2. The summed E-state index contributed by atoms with van der Waals surface area (Å²) < 4.78 is 5.75. The molecule has 2 fully saturated rings. The molecule has 2 saturated heterocycles. The van der Waals surface area contributed by atoms with Crippen molar-refractivity contribution in [3.05, 3.63) is 62.6 Å². The van der Waals surface area contributed by atoms with E-state index in [1.807, 2.05) is 18.2 Å². The van der Waals surface area contributed by atoms with E-state index >= 15 is 0 Å². The van der Waals surface area contributed by atoms with Gasteiger partial charge >= 0.3 is 0 Å². The standard InChI is InChI=1S/C28H34Cl3N5O4/c1-20(37)35-12-14-36(15-13-35)27(38)19-40-26-17-22(29)3-4-23(26)28(39)32-6-7-33-8-10-34(11-9-33)18-21-2-5-24(30)25(31)16-21/h2-5,16-17H,6-15,18-19H2,1H3,(H,32,39). The van der Waals surface area contributed by atoms with Crippen LogP contribution in [0.4, 0.5) is 0 Å². The van der Waals surface area contributed by atoms with Crippen LogP contribution in [0.1, 0.15) is 22.8 Å². The monoisotopic (exact) mass is 609 g/mol. The SMILES string of the molecule is CC(=O)N1CCN(C(=O)COc2cc(Cl)ccc2C(=O)NCCN2CCN(Cc3ccc(Cl)c(Cl)c3)CC2)CC1. The van der Waals surface area contributed by atoms with Gasteiger partial charge in [-0.15, -0.1) is 0 Å². The van der Waals surface area contributed by atoms with Crippen molar-refractivity contribution in [2.75, 3.05) is 72.1 Å². The third-order valence-corrected chi connectivity index (χ3v) is 8.16. The Hall–Kier alpha value is -2.56. The molecular formula is C28H34Cl3N5O4. The van der Waals surface area contributed by atoms with E-state index in [-0.39, 0.29) is 30.1 Å². The number of benzene rings is 2. The van der Waals surface area contributed by atoms with Gasteiger partial charge in [-0.1, -0.05) is 40.9 Å². The minimum atomic E-state index is -0.285. The highest BCUT2D eigenvalue weighted by molar-refractivity contribution is 6.42. The topological polar surface area (TPSA) is 85.4 Å². The Bertz CT molecular complexity index is 1210. The van der Waals surface area contributed by atoms with E-state index in [1.165, 1.54) is 6.92 Å². The third-order valence-electron chi connectivity index (χ3n) is 7.19. The van der Waals surface area contributed by atoms with Gasteiger partial charge in [0, 0.05) is 83.9 Å². The summed E-state index contributed by atoms with van der Waals surface area (Å²) in [5.74, 6) is -0.225. The van der Waals surface area contributed by atoms with Crippen molar-refractivity contribution in [3.8, 4) is 5.75 Å². The highest BCUT2D eigenvalue weighted by Crippen LogP contribution is 2.25. The van der Waals surface area contributed by atoms with Gasteiger partial charge in [-0.3, -0.25) is 24.2 Å². The predicted octanol–water partition coefficient (Wildman–Crippen LogP) is 3.26. The minimum absolute atomic E-state index is 0.0000916. The lowest BCUT2D eigenvalue weighted by Gasteiger charge is -2.34. The number of carbonyl (C=O) groups is 3. The summed E-state index contributed by atoms with van der Waals surface area (Å²) in [6.07, 6.45) is 0. The fraction of sp³-hybridized carbons (Fsp3) is 0.464. The highest BCUT2D eigenvalue weighted by atomic mass is 35.5. The molecule has 0 bridgehead atoms. The molecule has 0 spiro atoms. The number of nitrogens with zero attached hydrogens (tertiary/aromatic N) is 4. The average molecular weight is 611 g/mol. The molecule has 2 aliphatic rings. The van der Waals surface area contributed by atoms with Gasteiger partial charge in [-0.05, 0) is 35.9 Å². The number of rotatable bonds is 9. The van der Waals surface area contributed by atoms with Gasteiger partial charge in [0.05, 0.1) is 15.6 Å². The van der Waals surface area contributed by atoms with Crippen molar-refractivity contribution in [3.63, 3.8) is 0 Å². The van der Waals surface area contributed by atoms with Crippen molar-refractivity contribution in [2.24, 2.45) is 0 Å². The summed E-state index contributed by atoms with van der Waals surface area (Å²) in [6.45, 7) is 8.86. The van der Waals surface area contributed by atoms with Gasteiger partial charge in [-0.25, -0.2) is 0 Å². The van der Waals surface area contributed by atoms with Crippen molar-refractivity contribution >= 4 is 52.5 Å². The van der Waals surface area contributed by atoms with E-state index < -0.39 is 0 Å². The summed E-state index contributed by atoms with van der Waals surface area (Å²) in [6, 6.07) is 10.5. The Balaban J connectivity index is 1.20. The Morgan fingerprint density at radius 1 is 0.825 bits per heavy atom. The van der Waals surface area contributed by atoms with Crippen LogP contribution in [0.2, 0.25) is 15.1 Å². The van der Waals surface area contributed by atoms with E-state index in [0.29, 0.717) is 53.4 Å². The van der Waals surface area contributed by atoms with Crippen molar-refractivity contribution in [1.29, 1.82) is 0 Å². The van der Waals surface area contributed by atoms with Crippen LogP contribution < -0.4 is 10.1 Å².